The molecule has 0 saturated carbocycles. The van der Waals surface area contributed by atoms with E-state index < -0.39 is 0 Å². The van der Waals surface area contributed by atoms with Crippen LogP contribution >= 0.6 is 0 Å². The van der Waals surface area contributed by atoms with Crippen LogP contribution in [0.25, 0.3) is 0 Å². The van der Waals surface area contributed by atoms with Crippen molar-refractivity contribution in [1.82, 2.24) is 0 Å². The Bertz CT molecular complexity index is 1220. The maximum Gasteiger partial charge on any atom is 0.122 e. The summed E-state index contributed by atoms with van der Waals surface area (Å²) >= 11 is 0. The van der Waals surface area contributed by atoms with Gasteiger partial charge in [-0.15, -0.1) is 0 Å². The molecule has 0 unspecified atom stereocenters. The van der Waals surface area contributed by atoms with Crippen molar-refractivity contribution in [2.45, 2.75) is 228 Å². The number of phenols is 2. The topological polar surface area (TPSA) is 40.5 Å². The summed E-state index contributed by atoms with van der Waals surface area (Å²) in [5, 5.41) is 23.7. The maximum atomic E-state index is 11.8. The Kier molecular flexibility index (Phi) is 16.5. The van der Waals surface area contributed by atoms with Crippen LogP contribution in [0.2, 0.25) is 0 Å². The fraction of sp³-hybridized carbons (Fsp3) is 0.750. The summed E-state index contributed by atoms with van der Waals surface area (Å²) in [4.78, 5) is 0. The Morgan fingerprint density at radius 2 is 0.700 bits per heavy atom. The molecule has 2 N–H and O–H groups in total. The Balaban J connectivity index is 2.32. The minimum absolute atomic E-state index is 0.0194. The average Bonchev–Trinajstić information content (AvgIpc) is 2.97. The molecule has 0 aliphatic heterocycles. The third kappa shape index (κ3) is 14.2. The largest absolute Gasteiger partial charge is 0.507 e. The zero-order valence-electron chi connectivity index (χ0n) is 35.7. The first-order valence-corrected chi connectivity index (χ1v) is 20.7. The molecule has 2 rings (SSSR count). The molecule has 2 heteroatoms. The summed E-state index contributed by atoms with van der Waals surface area (Å²) in [6, 6.07) is 9.02. The van der Waals surface area contributed by atoms with Crippen molar-refractivity contribution in [3.8, 4) is 11.5 Å². The highest BCUT2D eigenvalue weighted by Gasteiger charge is 2.33. The molecule has 0 amide bonds. The zero-order chi connectivity index (χ0) is 38.0. The van der Waals surface area contributed by atoms with Crippen molar-refractivity contribution >= 4 is 0 Å². The molecule has 0 saturated heterocycles. The van der Waals surface area contributed by atoms with Gasteiger partial charge in [0.05, 0.1) is 0 Å². The van der Waals surface area contributed by atoms with E-state index in [0.29, 0.717) is 11.5 Å². The lowest BCUT2D eigenvalue weighted by atomic mass is 9.70. The highest BCUT2D eigenvalue weighted by molar-refractivity contribution is 5.51. The van der Waals surface area contributed by atoms with Crippen molar-refractivity contribution in [2.75, 3.05) is 0 Å². The van der Waals surface area contributed by atoms with Crippen molar-refractivity contribution in [2.24, 2.45) is 5.41 Å². The normalized spacial score (nSPS) is 13.3. The second-order valence-electron chi connectivity index (χ2n) is 20.6. The minimum Gasteiger partial charge on any atom is -0.507 e. The lowest BCUT2D eigenvalue weighted by Crippen LogP contribution is -2.26. The zero-order valence-corrected chi connectivity index (χ0v) is 35.7. The highest BCUT2D eigenvalue weighted by atomic mass is 16.3. The van der Waals surface area contributed by atoms with Crippen molar-refractivity contribution < 1.29 is 10.2 Å². The quantitative estimate of drug-likeness (QED) is 0.144. The van der Waals surface area contributed by atoms with E-state index in [1.54, 1.807) is 0 Å². The summed E-state index contributed by atoms with van der Waals surface area (Å²) in [7, 11) is 0. The van der Waals surface area contributed by atoms with Gasteiger partial charge >= 0.3 is 0 Å². The Morgan fingerprint density at radius 1 is 0.400 bits per heavy atom. The number of hydrogen-bond acceptors (Lipinski definition) is 2. The number of phenolic OH excluding ortho intramolecular Hbond substituents is 2. The lowest BCUT2D eigenvalue weighted by molar-refractivity contribution is 0.270. The van der Waals surface area contributed by atoms with E-state index in [-0.39, 0.29) is 27.1 Å². The van der Waals surface area contributed by atoms with E-state index >= 15 is 0 Å². The van der Waals surface area contributed by atoms with Gasteiger partial charge in [-0.2, -0.15) is 0 Å². The van der Waals surface area contributed by atoms with Crippen molar-refractivity contribution in [3.63, 3.8) is 0 Å². The van der Waals surface area contributed by atoms with Crippen LogP contribution in [0.4, 0.5) is 0 Å². The first-order chi connectivity index (χ1) is 23.0. The molecule has 0 fully saturated rings. The van der Waals surface area contributed by atoms with Gasteiger partial charge in [-0.1, -0.05) is 211 Å². The van der Waals surface area contributed by atoms with Crippen molar-refractivity contribution in [3.05, 3.63) is 57.6 Å². The van der Waals surface area contributed by atoms with Gasteiger partial charge in [0.1, 0.15) is 11.5 Å². The van der Waals surface area contributed by atoms with Crippen LogP contribution in [-0.2, 0) is 34.5 Å². The molecule has 0 radical (unpaired) electrons. The van der Waals surface area contributed by atoms with Gasteiger partial charge in [-0.25, -0.2) is 0 Å². The van der Waals surface area contributed by atoms with E-state index in [1.807, 2.05) is 0 Å². The van der Waals surface area contributed by atoms with E-state index in [4.69, 9.17) is 0 Å². The molecule has 50 heavy (non-hydrogen) atoms. The fourth-order valence-electron chi connectivity index (χ4n) is 7.57. The summed E-state index contributed by atoms with van der Waals surface area (Å²) in [5.41, 5.74) is 6.25. The molecule has 2 nitrogen and oxygen atoms in total. The first-order valence-electron chi connectivity index (χ1n) is 20.7. The van der Waals surface area contributed by atoms with Crippen LogP contribution in [0.5, 0.6) is 11.5 Å². The molecule has 0 bridgehead atoms. The SMILES string of the molecule is CCCCCCCCCCCCCCCCC(C)(Cc1cc(C(C)(C)C)cc(C(C)(C)C)c1O)Cc1cc(C(C)(C)C)cc(C(C)(C)C)c1O. The molecule has 0 aliphatic carbocycles. The van der Waals surface area contributed by atoms with E-state index in [2.05, 4.69) is 121 Å². The van der Waals surface area contributed by atoms with Gasteiger partial charge < -0.3 is 10.2 Å². The molecule has 0 aromatic heterocycles. The third-order valence-electron chi connectivity index (χ3n) is 11.1. The third-order valence-corrected chi connectivity index (χ3v) is 11.1. The van der Waals surface area contributed by atoms with Crippen LogP contribution in [0.3, 0.4) is 0 Å². The maximum absolute atomic E-state index is 11.8. The predicted molar refractivity (Wildman–Crippen MR) is 221 cm³/mol. The monoisotopic (exact) mass is 691 g/mol. The fourth-order valence-corrected chi connectivity index (χ4v) is 7.57. The standard InChI is InChI=1S/C48H82O2/c1-15-16-17-18-19-20-21-22-23-24-25-26-27-28-29-48(14,34-36-30-38(44(2,3)4)32-40(42(36)49)46(8,9)10)35-37-31-39(45(5,6)7)33-41(43(37)50)47(11,12)13/h30-33,49-50H,15-29,34-35H2,1-14H3. The molecule has 0 atom stereocenters. The van der Waals surface area contributed by atoms with E-state index in [1.165, 1.54) is 101 Å². The molecular weight excluding hydrogens is 609 g/mol. The molecule has 0 heterocycles. The second-order valence-corrected chi connectivity index (χ2v) is 20.6. The summed E-state index contributed by atoms with van der Waals surface area (Å²) in [5.74, 6) is 0.918. The van der Waals surface area contributed by atoms with Crippen LogP contribution in [0.15, 0.2) is 24.3 Å². The molecular formula is C48H82O2. The number of hydrogen-bond donors (Lipinski definition) is 2. The Morgan fingerprint density at radius 3 is 0.980 bits per heavy atom. The van der Waals surface area contributed by atoms with Gasteiger partial charge in [0.15, 0.2) is 0 Å². The summed E-state index contributed by atoms with van der Waals surface area (Å²) in [6.45, 7) is 31.6. The molecule has 286 valence electrons. The first kappa shape index (κ1) is 44.2. The summed E-state index contributed by atoms with van der Waals surface area (Å²) in [6.07, 6.45) is 21.6. The average molecular weight is 691 g/mol. The Hall–Kier alpha value is -1.96. The van der Waals surface area contributed by atoms with Gasteiger partial charge in [0, 0.05) is 0 Å². The highest BCUT2D eigenvalue weighted by Crippen LogP contribution is 2.45. The number of benzene rings is 2. The van der Waals surface area contributed by atoms with E-state index in [9.17, 15) is 10.2 Å². The second kappa shape index (κ2) is 18.7. The van der Waals surface area contributed by atoms with Gasteiger partial charge in [-0.3, -0.25) is 0 Å². The molecule has 0 aliphatic rings. The van der Waals surface area contributed by atoms with Crippen LogP contribution in [0, 0.1) is 5.41 Å². The van der Waals surface area contributed by atoms with Gasteiger partial charge in [-0.05, 0) is 79.7 Å². The van der Waals surface area contributed by atoms with Gasteiger partial charge in [0.25, 0.3) is 0 Å². The lowest BCUT2D eigenvalue weighted by Gasteiger charge is -2.35. The van der Waals surface area contributed by atoms with Crippen LogP contribution in [-0.4, -0.2) is 10.2 Å². The van der Waals surface area contributed by atoms with Crippen molar-refractivity contribution in [1.29, 1.82) is 0 Å². The van der Waals surface area contributed by atoms with E-state index in [0.717, 1.165) is 41.5 Å². The molecule has 2 aromatic carbocycles. The molecule has 0 spiro atoms. The number of aromatic hydroxyl groups is 2. The number of rotatable bonds is 19. The van der Waals surface area contributed by atoms with Crippen LogP contribution < -0.4 is 0 Å². The Labute approximate surface area is 311 Å². The van der Waals surface area contributed by atoms with Gasteiger partial charge in [0.2, 0.25) is 0 Å². The number of unbranched alkanes of at least 4 members (excludes halogenated alkanes) is 13. The predicted octanol–water partition coefficient (Wildman–Crippen LogP) is 15.0. The minimum atomic E-state index is -0.161. The summed E-state index contributed by atoms with van der Waals surface area (Å²) < 4.78 is 0. The smallest absolute Gasteiger partial charge is 0.122 e. The molecule has 2 aromatic rings. The van der Waals surface area contributed by atoms with Crippen LogP contribution in [0.1, 0.15) is 227 Å².